The first kappa shape index (κ1) is 16.4. The Morgan fingerprint density at radius 2 is 2.17 bits per heavy atom. The van der Waals surface area contributed by atoms with Crippen molar-refractivity contribution in [1.29, 1.82) is 0 Å². The van der Waals surface area contributed by atoms with E-state index < -0.39 is 0 Å². The van der Waals surface area contributed by atoms with Gasteiger partial charge >= 0.3 is 5.97 Å². The van der Waals surface area contributed by atoms with E-state index in [0.29, 0.717) is 11.5 Å². The van der Waals surface area contributed by atoms with Crippen molar-refractivity contribution in [2.45, 2.75) is 39.3 Å². The maximum absolute atomic E-state index is 12.3. The SMILES string of the molecule is CC(C)Cn1cc(C(=O)OC2CCN(c3ccncn3)CC2)cn1. The Hall–Kier alpha value is -2.44. The fourth-order valence-corrected chi connectivity index (χ4v) is 2.84. The summed E-state index contributed by atoms with van der Waals surface area (Å²) in [6.07, 6.45) is 8.19. The summed E-state index contributed by atoms with van der Waals surface area (Å²) in [4.78, 5) is 22.6. The second kappa shape index (κ2) is 7.42. The van der Waals surface area contributed by atoms with Crippen LogP contribution in [0.2, 0.25) is 0 Å². The first-order valence-corrected chi connectivity index (χ1v) is 8.36. The van der Waals surface area contributed by atoms with Gasteiger partial charge in [-0.25, -0.2) is 14.8 Å². The summed E-state index contributed by atoms with van der Waals surface area (Å²) in [6.45, 7) is 6.67. The van der Waals surface area contributed by atoms with Gasteiger partial charge < -0.3 is 9.64 Å². The summed E-state index contributed by atoms with van der Waals surface area (Å²) in [5, 5.41) is 4.22. The summed E-state index contributed by atoms with van der Waals surface area (Å²) in [5.41, 5.74) is 0.522. The fourth-order valence-electron chi connectivity index (χ4n) is 2.84. The zero-order chi connectivity index (χ0) is 16.9. The summed E-state index contributed by atoms with van der Waals surface area (Å²) in [6, 6.07) is 1.90. The van der Waals surface area contributed by atoms with Crippen molar-refractivity contribution in [1.82, 2.24) is 19.7 Å². The van der Waals surface area contributed by atoms with Crippen LogP contribution in [0.15, 0.2) is 31.0 Å². The normalized spacial score (nSPS) is 15.7. The monoisotopic (exact) mass is 329 g/mol. The van der Waals surface area contributed by atoms with E-state index in [-0.39, 0.29) is 12.1 Å². The molecule has 1 fully saturated rings. The summed E-state index contributed by atoms with van der Waals surface area (Å²) in [7, 11) is 0. The predicted octanol–water partition coefficient (Wildman–Crippen LogP) is 2.15. The number of hydrogen-bond donors (Lipinski definition) is 0. The smallest absolute Gasteiger partial charge is 0.341 e. The van der Waals surface area contributed by atoms with Gasteiger partial charge in [-0.15, -0.1) is 0 Å². The van der Waals surface area contributed by atoms with E-state index in [2.05, 4.69) is 33.8 Å². The second-order valence-corrected chi connectivity index (χ2v) is 6.50. The molecule has 1 aliphatic heterocycles. The van der Waals surface area contributed by atoms with Crippen molar-refractivity contribution in [2.24, 2.45) is 5.92 Å². The molecule has 1 aliphatic rings. The van der Waals surface area contributed by atoms with Crippen LogP contribution in [0.3, 0.4) is 0 Å². The van der Waals surface area contributed by atoms with Crippen LogP contribution in [0.25, 0.3) is 0 Å². The van der Waals surface area contributed by atoms with Crippen molar-refractivity contribution in [3.63, 3.8) is 0 Å². The number of carbonyl (C=O) groups excluding carboxylic acids is 1. The summed E-state index contributed by atoms with van der Waals surface area (Å²) >= 11 is 0. The molecule has 0 aromatic carbocycles. The minimum atomic E-state index is -0.287. The molecular formula is C17H23N5O2. The molecule has 3 rings (SSSR count). The van der Waals surface area contributed by atoms with Gasteiger partial charge in [-0.1, -0.05) is 13.8 Å². The van der Waals surface area contributed by atoms with E-state index in [1.807, 2.05) is 6.07 Å². The van der Waals surface area contributed by atoms with E-state index in [4.69, 9.17) is 4.74 Å². The number of esters is 1. The van der Waals surface area contributed by atoms with Crippen LogP contribution < -0.4 is 4.90 Å². The highest BCUT2D eigenvalue weighted by Crippen LogP contribution is 2.19. The molecule has 0 amide bonds. The van der Waals surface area contributed by atoms with Gasteiger partial charge in [-0.05, 0) is 12.0 Å². The number of hydrogen-bond acceptors (Lipinski definition) is 6. The number of piperidine rings is 1. The highest BCUT2D eigenvalue weighted by Gasteiger charge is 2.24. The molecule has 2 aromatic heterocycles. The van der Waals surface area contributed by atoms with Crippen molar-refractivity contribution < 1.29 is 9.53 Å². The molecule has 1 saturated heterocycles. The van der Waals surface area contributed by atoms with Gasteiger partial charge in [0.05, 0.1) is 11.8 Å². The second-order valence-electron chi connectivity index (χ2n) is 6.50. The lowest BCUT2D eigenvalue weighted by Gasteiger charge is -2.32. The molecule has 3 heterocycles. The van der Waals surface area contributed by atoms with Gasteiger partial charge in [0, 0.05) is 44.9 Å². The molecule has 128 valence electrons. The topological polar surface area (TPSA) is 73.1 Å². The Balaban J connectivity index is 1.50. The number of ether oxygens (including phenoxy) is 1. The molecule has 2 aromatic rings. The molecule has 24 heavy (non-hydrogen) atoms. The molecule has 0 bridgehead atoms. The van der Waals surface area contributed by atoms with Crippen LogP contribution >= 0.6 is 0 Å². The highest BCUT2D eigenvalue weighted by atomic mass is 16.5. The third-order valence-corrected chi connectivity index (χ3v) is 4.03. The summed E-state index contributed by atoms with van der Waals surface area (Å²) in [5.74, 6) is 1.12. The first-order chi connectivity index (χ1) is 11.6. The molecule has 0 unspecified atom stereocenters. The van der Waals surface area contributed by atoms with Crippen molar-refractivity contribution in [2.75, 3.05) is 18.0 Å². The number of anilines is 1. The zero-order valence-corrected chi connectivity index (χ0v) is 14.1. The van der Waals surface area contributed by atoms with Crippen molar-refractivity contribution >= 4 is 11.8 Å². The van der Waals surface area contributed by atoms with Crippen LogP contribution in [0.4, 0.5) is 5.82 Å². The molecule has 0 spiro atoms. The van der Waals surface area contributed by atoms with Crippen LogP contribution in [0, 0.1) is 5.92 Å². The zero-order valence-electron chi connectivity index (χ0n) is 14.1. The number of rotatable bonds is 5. The van der Waals surface area contributed by atoms with Crippen LogP contribution in [-0.2, 0) is 11.3 Å². The van der Waals surface area contributed by atoms with Gasteiger partial charge in [0.25, 0.3) is 0 Å². The maximum atomic E-state index is 12.3. The maximum Gasteiger partial charge on any atom is 0.341 e. The average Bonchev–Trinajstić information content (AvgIpc) is 3.04. The Morgan fingerprint density at radius 1 is 1.38 bits per heavy atom. The number of carbonyl (C=O) groups is 1. The molecular weight excluding hydrogens is 306 g/mol. The Bertz CT molecular complexity index is 663. The number of nitrogens with zero attached hydrogens (tertiary/aromatic N) is 5. The van der Waals surface area contributed by atoms with Crippen LogP contribution in [0.5, 0.6) is 0 Å². The Morgan fingerprint density at radius 3 is 2.83 bits per heavy atom. The first-order valence-electron chi connectivity index (χ1n) is 8.36. The third-order valence-electron chi connectivity index (χ3n) is 4.03. The van der Waals surface area contributed by atoms with E-state index in [1.54, 1.807) is 29.6 Å². The molecule has 7 nitrogen and oxygen atoms in total. The van der Waals surface area contributed by atoms with Gasteiger partial charge in [-0.3, -0.25) is 4.68 Å². The highest BCUT2D eigenvalue weighted by molar-refractivity contribution is 5.88. The molecule has 0 aliphatic carbocycles. The molecule has 0 atom stereocenters. The lowest BCUT2D eigenvalue weighted by Crippen LogP contribution is -2.38. The minimum absolute atomic E-state index is 0.0518. The van der Waals surface area contributed by atoms with Crippen molar-refractivity contribution in [3.05, 3.63) is 36.5 Å². The fraction of sp³-hybridized carbons (Fsp3) is 0.529. The number of aromatic nitrogens is 4. The lowest BCUT2D eigenvalue weighted by atomic mass is 10.1. The predicted molar refractivity (Wildman–Crippen MR) is 89.7 cm³/mol. The van der Waals surface area contributed by atoms with Gasteiger partial charge in [0.15, 0.2) is 0 Å². The van der Waals surface area contributed by atoms with Crippen molar-refractivity contribution in [3.8, 4) is 0 Å². The third kappa shape index (κ3) is 4.10. The van der Waals surface area contributed by atoms with Crippen LogP contribution in [0.1, 0.15) is 37.0 Å². The summed E-state index contributed by atoms with van der Waals surface area (Å²) < 4.78 is 7.42. The van der Waals surface area contributed by atoms with E-state index >= 15 is 0 Å². The van der Waals surface area contributed by atoms with Gasteiger partial charge in [-0.2, -0.15) is 5.10 Å². The molecule has 0 saturated carbocycles. The standard InChI is InChI=1S/C17H23N5O2/c1-13(2)10-22-11-14(9-20-22)17(23)24-15-4-7-21(8-5-15)16-3-6-18-12-19-16/h3,6,9,11-13,15H,4-5,7-8,10H2,1-2H3. The minimum Gasteiger partial charge on any atom is -0.459 e. The largest absolute Gasteiger partial charge is 0.459 e. The van der Waals surface area contributed by atoms with Crippen LogP contribution in [-0.4, -0.2) is 44.9 Å². The Kier molecular flexibility index (Phi) is 5.08. The molecule has 7 heteroatoms. The van der Waals surface area contributed by atoms with E-state index in [0.717, 1.165) is 38.3 Å². The average molecular weight is 329 g/mol. The lowest BCUT2D eigenvalue weighted by molar-refractivity contribution is 0.0244. The molecule has 0 N–H and O–H groups in total. The van der Waals surface area contributed by atoms with E-state index in [1.165, 1.54) is 0 Å². The quantitative estimate of drug-likeness (QED) is 0.783. The van der Waals surface area contributed by atoms with Gasteiger partial charge in [0.1, 0.15) is 18.2 Å². The molecule has 0 radical (unpaired) electrons. The van der Waals surface area contributed by atoms with Gasteiger partial charge in [0.2, 0.25) is 0 Å². The Labute approximate surface area is 141 Å². The van der Waals surface area contributed by atoms with E-state index in [9.17, 15) is 4.79 Å².